The molecule has 1 N–H and O–H groups in total. The average Bonchev–Trinajstić information content (AvgIpc) is 2.47. The number of hydrogen-bond donors (Lipinski definition) is 1. The van der Waals surface area contributed by atoms with Crippen molar-refractivity contribution in [3.8, 4) is 11.5 Å². The van der Waals surface area contributed by atoms with Gasteiger partial charge in [-0.2, -0.15) is 0 Å². The van der Waals surface area contributed by atoms with E-state index < -0.39 is 0 Å². The molecule has 0 aromatic heterocycles. The Morgan fingerprint density at radius 2 is 1.85 bits per heavy atom. The maximum atomic E-state index is 9.91. The Bertz CT molecular complexity index is 588. The molecule has 0 unspecified atom stereocenters. The summed E-state index contributed by atoms with van der Waals surface area (Å²) in [6, 6.07) is 13.3. The van der Waals surface area contributed by atoms with Crippen LogP contribution >= 0.6 is 0 Å². The first kappa shape index (κ1) is 14.1. The van der Waals surface area contributed by atoms with Crippen LogP contribution in [0.4, 0.5) is 5.69 Å². The van der Waals surface area contributed by atoms with Crippen LogP contribution in [0, 0.1) is 0 Å². The van der Waals surface area contributed by atoms with Gasteiger partial charge in [0.2, 0.25) is 0 Å². The smallest absolute Gasteiger partial charge is 0.128 e. The molecule has 0 radical (unpaired) electrons. The Labute approximate surface area is 119 Å². The molecule has 0 fully saturated rings. The number of benzene rings is 2. The first-order valence-electron chi connectivity index (χ1n) is 6.81. The zero-order chi connectivity index (χ0) is 14.4. The van der Waals surface area contributed by atoms with Crippen molar-refractivity contribution in [2.24, 2.45) is 4.99 Å². The second-order valence-electron chi connectivity index (χ2n) is 4.43. The Hall–Kier alpha value is -2.29. The van der Waals surface area contributed by atoms with Crippen molar-refractivity contribution in [2.45, 2.75) is 20.3 Å². The second kappa shape index (κ2) is 6.75. The van der Waals surface area contributed by atoms with E-state index in [-0.39, 0.29) is 5.75 Å². The molecule has 0 aliphatic carbocycles. The molecule has 2 rings (SSSR count). The Kier molecular flexibility index (Phi) is 4.77. The molecule has 104 valence electrons. The molecule has 0 atom stereocenters. The van der Waals surface area contributed by atoms with Gasteiger partial charge in [-0.1, -0.05) is 19.1 Å². The van der Waals surface area contributed by atoms with Gasteiger partial charge in [0.1, 0.15) is 11.5 Å². The van der Waals surface area contributed by atoms with Crippen LogP contribution in [0.3, 0.4) is 0 Å². The number of phenolic OH excluding ortho intramolecular Hbond substituents is 1. The summed E-state index contributed by atoms with van der Waals surface area (Å²) < 4.78 is 5.33. The van der Waals surface area contributed by atoms with Gasteiger partial charge in [-0.3, -0.25) is 4.99 Å². The zero-order valence-electron chi connectivity index (χ0n) is 11.8. The molecule has 0 bridgehead atoms. The normalized spacial score (nSPS) is 10.9. The molecule has 0 aliphatic heterocycles. The van der Waals surface area contributed by atoms with E-state index in [1.54, 1.807) is 18.3 Å². The largest absolute Gasteiger partial charge is 0.507 e. The van der Waals surface area contributed by atoms with Crippen molar-refractivity contribution in [1.29, 1.82) is 0 Å². The quantitative estimate of drug-likeness (QED) is 0.830. The lowest BCUT2D eigenvalue weighted by Crippen LogP contribution is -1.92. The summed E-state index contributed by atoms with van der Waals surface area (Å²) >= 11 is 0. The van der Waals surface area contributed by atoms with Crippen molar-refractivity contribution >= 4 is 11.9 Å². The minimum Gasteiger partial charge on any atom is -0.507 e. The number of aryl methyl sites for hydroxylation is 1. The van der Waals surface area contributed by atoms with E-state index in [4.69, 9.17) is 4.74 Å². The third-order valence-electron chi connectivity index (χ3n) is 3.01. The lowest BCUT2D eigenvalue weighted by atomic mass is 10.1. The van der Waals surface area contributed by atoms with Crippen LogP contribution in [-0.4, -0.2) is 17.9 Å². The van der Waals surface area contributed by atoms with Gasteiger partial charge >= 0.3 is 0 Å². The summed E-state index contributed by atoms with van der Waals surface area (Å²) in [7, 11) is 0. The zero-order valence-corrected chi connectivity index (χ0v) is 11.8. The highest BCUT2D eigenvalue weighted by molar-refractivity contribution is 5.85. The van der Waals surface area contributed by atoms with Gasteiger partial charge < -0.3 is 9.84 Å². The molecule has 0 spiro atoms. The fourth-order valence-electron chi connectivity index (χ4n) is 1.85. The summed E-state index contributed by atoms with van der Waals surface area (Å²) in [4.78, 5) is 4.36. The molecule has 3 heteroatoms. The monoisotopic (exact) mass is 269 g/mol. The summed E-state index contributed by atoms with van der Waals surface area (Å²) in [6.45, 7) is 4.61. The van der Waals surface area contributed by atoms with Crippen molar-refractivity contribution in [3.63, 3.8) is 0 Å². The van der Waals surface area contributed by atoms with Crippen LogP contribution < -0.4 is 4.74 Å². The Morgan fingerprint density at radius 1 is 1.10 bits per heavy atom. The van der Waals surface area contributed by atoms with Crippen LogP contribution in [-0.2, 0) is 6.42 Å². The highest BCUT2D eigenvalue weighted by atomic mass is 16.5. The lowest BCUT2D eigenvalue weighted by Gasteiger charge is -2.05. The van der Waals surface area contributed by atoms with Crippen LogP contribution in [0.5, 0.6) is 11.5 Å². The summed E-state index contributed by atoms with van der Waals surface area (Å²) in [5, 5.41) is 9.91. The van der Waals surface area contributed by atoms with Gasteiger partial charge in [0.15, 0.2) is 0 Å². The number of nitrogens with zero attached hydrogens (tertiary/aromatic N) is 1. The Morgan fingerprint density at radius 3 is 2.45 bits per heavy atom. The molecule has 20 heavy (non-hydrogen) atoms. The molecule has 0 aliphatic rings. The van der Waals surface area contributed by atoms with Crippen molar-refractivity contribution in [2.75, 3.05) is 6.61 Å². The van der Waals surface area contributed by atoms with Gasteiger partial charge in [0.25, 0.3) is 0 Å². The number of rotatable bonds is 5. The highest BCUT2D eigenvalue weighted by Crippen LogP contribution is 2.23. The van der Waals surface area contributed by atoms with Crippen molar-refractivity contribution < 1.29 is 9.84 Å². The third-order valence-corrected chi connectivity index (χ3v) is 3.01. The maximum Gasteiger partial charge on any atom is 0.128 e. The number of aliphatic imine (C=N–C) groups is 1. The van der Waals surface area contributed by atoms with E-state index in [9.17, 15) is 5.11 Å². The number of phenols is 1. The second-order valence-corrected chi connectivity index (χ2v) is 4.43. The predicted molar refractivity (Wildman–Crippen MR) is 82.3 cm³/mol. The van der Waals surface area contributed by atoms with Gasteiger partial charge in [-0.15, -0.1) is 0 Å². The van der Waals surface area contributed by atoms with Crippen LogP contribution in [0.1, 0.15) is 25.0 Å². The Balaban J connectivity index is 2.13. The van der Waals surface area contributed by atoms with Gasteiger partial charge in [-0.05, 0) is 43.2 Å². The predicted octanol–water partition coefficient (Wildman–Crippen LogP) is 4.10. The fourth-order valence-corrected chi connectivity index (χ4v) is 1.85. The van der Waals surface area contributed by atoms with E-state index in [1.165, 1.54) is 5.56 Å². The number of aromatic hydroxyl groups is 1. The highest BCUT2D eigenvalue weighted by Gasteiger charge is 2.01. The van der Waals surface area contributed by atoms with Gasteiger partial charge in [-0.25, -0.2) is 0 Å². The molecule has 0 saturated heterocycles. The van der Waals surface area contributed by atoms with E-state index >= 15 is 0 Å². The van der Waals surface area contributed by atoms with Crippen LogP contribution in [0.15, 0.2) is 47.5 Å². The molecule has 0 heterocycles. The van der Waals surface area contributed by atoms with E-state index in [0.29, 0.717) is 17.9 Å². The van der Waals surface area contributed by atoms with E-state index in [2.05, 4.69) is 24.0 Å². The van der Waals surface area contributed by atoms with Gasteiger partial charge in [0.05, 0.1) is 12.3 Å². The fraction of sp³-hybridized carbons (Fsp3) is 0.235. The molecule has 2 aromatic carbocycles. The standard InChI is InChI=1S/C17H19NO2/c1-3-13-5-8-15(9-6-13)18-12-14-7-10-16(20-4-2)11-17(14)19/h5-12,19H,3-4H2,1-2H3. The molecule has 2 aromatic rings. The minimum atomic E-state index is 0.171. The first-order chi connectivity index (χ1) is 9.72. The molecule has 3 nitrogen and oxygen atoms in total. The summed E-state index contributed by atoms with van der Waals surface area (Å²) in [5.41, 5.74) is 2.83. The van der Waals surface area contributed by atoms with Crippen LogP contribution in [0.25, 0.3) is 0 Å². The molecular weight excluding hydrogens is 250 g/mol. The third kappa shape index (κ3) is 3.60. The lowest BCUT2D eigenvalue weighted by molar-refractivity contribution is 0.337. The minimum absolute atomic E-state index is 0.171. The summed E-state index contributed by atoms with van der Waals surface area (Å²) in [5.74, 6) is 0.833. The van der Waals surface area contributed by atoms with Gasteiger partial charge in [0, 0.05) is 17.8 Å². The van der Waals surface area contributed by atoms with E-state index in [1.807, 2.05) is 25.1 Å². The van der Waals surface area contributed by atoms with Crippen LogP contribution in [0.2, 0.25) is 0 Å². The topological polar surface area (TPSA) is 41.8 Å². The average molecular weight is 269 g/mol. The van der Waals surface area contributed by atoms with Crippen molar-refractivity contribution in [3.05, 3.63) is 53.6 Å². The molecular formula is C17H19NO2. The summed E-state index contributed by atoms with van der Waals surface area (Å²) in [6.07, 6.45) is 2.68. The number of hydrogen-bond acceptors (Lipinski definition) is 3. The number of ether oxygens (including phenoxy) is 1. The first-order valence-corrected chi connectivity index (χ1v) is 6.81. The SMILES string of the molecule is CCOc1ccc(C=Nc2ccc(CC)cc2)c(O)c1. The molecule has 0 saturated carbocycles. The van der Waals surface area contributed by atoms with E-state index in [0.717, 1.165) is 12.1 Å². The molecule has 0 amide bonds. The maximum absolute atomic E-state index is 9.91. The van der Waals surface area contributed by atoms with Crippen molar-refractivity contribution in [1.82, 2.24) is 0 Å².